The van der Waals surface area contributed by atoms with Crippen LogP contribution in [0, 0.1) is 5.92 Å². The molecule has 142 valence electrons. The highest BCUT2D eigenvalue weighted by atomic mass is 79.9. The van der Waals surface area contributed by atoms with Gasteiger partial charge in [0.1, 0.15) is 0 Å². The van der Waals surface area contributed by atoms with Gasteiger partial charge in [-0.25, -0.2) is 8.42 Å². The van der Waals surface area contributed by atoms with Crippen LogP contribution in [0.1, 0.15) is 49.3 Å². The van der Waals surface area contributed by atoms with Gasteiger partial charge in [0, 0.05) is 16.1 Å². The largest absolute Gasteiger partial charge is 0.378 e. The summed E-state index contributed by atoms with van der Waals surface area (Å²) in [5.74, 6) is 0.893. The molecule has 1 aliphatic carbocycles. The van der Waals surface area contributed by atoms with Crippen molar-refractivity contribution in [2.24, 2.45) is 5.92 Å². The molecule has 0 amide bonds. The van der Waals surface area contributed by atoms with E-state index in [4.69, 9.17) is 0 Å². The maximum Gasteiger partial charge on any atom is 0.178 e. The molecular formula is C22H24BrNO2S. The monoisotopic (exact) mass is 445 g/mol. The van der Waals surface area contributed by atoms with E-state index in [0.29, 0.717) is 17.2 Å². The first-order valence-electron chi connectivity index (χ1n) is 9.55. The molecule has 27 heavy (non-hydrogen) atoms. The number of anilines is 1. The number of fused-ring (bicyclic) bond motifs is 3. The van der Waals surface area contributed by atoms with Crippen molar-refractivity contribution >= 4 is 31.5 Å². The molecule has 2 aromatic carbocycles. The second kappa shape index (κ2) is 7.44. The van der Waals surface area contributed by atoms with Crippen LogP contribution in [0.5, 0.6) is 0 Å². The van der Waals surface area contributed by atoms with Crippen LogP contribution < -0.4 is 5.32 Å². The van der Waals surface area contributed by atoms with Gasteiger partial charge in [0.25, 0.3) is 0 Å². The van der Waals surface area contributed by atoms with Crippen molar-refractivity contribution in [3.63, 3.8) is 0 Å². The molecule has 0 fully saturated rings. The predicted molar refractivity (Wildman–Crippen MR) is 114 cm³/mol. The van der Waals surface area contributed by atoms with Crippen molar-refractivity contribution in [3.05, 3.63) is 70.2 Å². The van der Waals surface area contributed by atoms with Gasteiger partial charge in [-0.1, -0.05) is 53.6 Å². The predicted octanol–water partition coefficient (Wildman–Crippen LogP) is 5.85. The smallest absolute Gasteiger partial charge is 0.178 e. The molecule has 0 spiro atoms. The fraction of sp³-hybridized carbons (Fsp3) is 0.364. The van der Waals surface area contributed by atoms with Crippen LogP contribution in [0.4, 0.5) is 5.69 Å². The van der Waals surface area contributed by atoms with E-state index in [9.17, 15) is 8.42 Å². The van der Waals surface area contributed by atoms with Gasteiger partial charge in [0.2, 0.25) is 0 Å². The van der Waals surface area contributed by atoms with Crippen LogP contribution in [0.3, 0.4) is 0 Å². The average Bonchev–Trinajstić information content (AvgIpc) is 3.16. The van der Waals surface area contributed by atoms with E-state index in [-0.39, 0.29) is 17.7 Å². The van der Waals surface area contributed by atoms with Crippen LogP contribution in [0.15, 0.2) is 64.0 Å². The van der Waals surface area contributed by atoms with Crippen LogP contribution >= 0.6 is 15.9 Å². The first-order chi connectivity index (χ1) is 13.0. The van der Waals surface area contributed by atoms with E-state index in [0.717, 1.165) is 28.6 Å². The molecule has 0 unspecified atom stereocenters. The maximum absolute atomic E-state index is 12.6. The van der Waals surface area contributed by atoms with Crippen molar-refractivity contribution in [1.82, 2.24) is 0 Å². The molecular weight excluding hydrogens is 422 g/mol. The Kier molecular flexibility index (Phi) is 5.17. The fourth-order valence-electron chi connectivity index (χ4n) is 4.22. The highest BCUT2D eigenvalue weighted by molar-refractivity contribution is 9.10. The number of halogens is 1. The van der Waals surface area contributed by atoms with Crippen LogP contribution in [-0.4, -0.2) is 14.2 Å². The molecule has 0 saturated carbocycles. The number of sulfone groups is 1. The summed E-state index contributed by atoms with van der Waals surface area (Å²) in [5, 5.41) is 3.68. The zero-order valence-electron chi connectivity index (χ0n) is 15.4. The Hall–Kier alpha value is -1.59. The summed E-state index contributed by atoms with van der Waals surface area (Å²) < 4.78 is 26.4. The van der Waals surface area contributed by atoms with Crippen LogP contribution in [0.25, 0.3) is 0 Å². The molecule has 2 aromatic rings. The molecule has 1 heterocycles. The Morgan fingerprint density at radius 1 is 1.15 bits per heavy atom. The number of allylic oxidation sites excluding steroid dienone is 2. The lowest BCUT2D eigenvalue weighted by molar-refractivity contribution is 0.425. The topological polar surface area (TPSA) is 46.2 Å². The first kappa shape index (κ1) is 18.8. The van der Waals surface area contributed by atoms with E-state index < -0.39 is 9.84 Å². The third-order valence-electron chi connectivity index (χ3n) is 5.69. The fourth-order valence-corrected chi connectivity index (χ4v) is 5.97. The van der Waals surface area contributed by atoms with Gasteiger partial charge in [-0.05, 0) is 60.2 Å². The van der Waals surface area contributed by atoms with Crippen LogP contribution in [0.2, 0.25) is 0 Å². The highest BCUT2D eigenvalue weighted by Gasteiger charge is 2.38. The van der Waals surface area contributed by atoms with Crippen molar-refractivity contribution < 1.29 is 8.42 Å². The Labute approximate surface area is 169 Å². The minimum atomic E-state index is -3.21. The number of rotatable bonds is 5. The lowest BCUT2D eigenvalue weighted by atomic mass is 9.77. The van der Waals surface area contributed by atoms with Gasteiger partial charge in [-0.2, -0.15) is 0 Å². The van der Waals surface area contributed by atoms with Gasteiger partial charge in [-0.3, -0.25) is 0 Å². The average molecular weight is 446 g/mol. The van der Waals surface area contributed by atoms with Gasteiger partial charge >= 0.3 is 0 Å². The Morgan fingerprint density at radius 3 is 2.67 bits per heavy atom. The summed E-state index contributed by atoms with van der Waals surface area (Å²) in [6.45, 7) is 2.02. The minimum Gasteiger partial charge on any atom is -0.378 e. The summed E-state index contributed by atoms with van der Waals surface area (Å²) in [4.78, 5) is 0.456. The highest BCUT2D eigenvalue weighted by Crippen LogP contribution is 2.50. The third kappa shape index (κ3) is 3.59. The molecule has 0 saturated heterocycles. The molecule has 1 N–H and O–H groups in total. The molecule has 0 aromatic heterocycles. The van der Waals surface area contributed by atoms with Gasteiger partial charge in [-0.15, -0.1) is 0 Å². The lowest BCUT2D eigenvalue weighted by Crippen LogP contribution is -2.29. The molecule has 5 heteroatoms. The van der Waals surface area contributed by atoms with E-state index in [1.807, 2.05) is 19.1 Å². The Balaban J connectivity index is 1.70. The first-order valence-corrected chi connectivity index (χ1v) is 12.0. The zero-order chi connectivity index (χ0) is 19.0. The number of hydrogen-bond acceptors (Lipinski definition) is 3. The number of benzene rings is 2. The second-order valence-corrected chi connectivity index (χ2v) is 10.5. The van der Waals surface area contributed by atoms with Crippen LogP contribution in [-0.2, 0) is 9.84 Å². The van der Waals surface area contributed by atoms with Crippen molar-refractivity contribution in [3.8, 4) is 0 Å². The Bertz CT molecular complexity index is 966. The standard InChI is InChI=1S/C22H24BrNO2S/c1-2-3-13-27(25,26)17-11-12-21-20(14-17)18-5-4-6-19(18)22(24-21)15-7-9-16(23)10-8-15/h4-5,7-12,14,18-19,22,24H,2-3,6,13H2,1H3/t18-,19+,22+/m0/s1. The summed E-state index contributed by atoms with van der Waals surface area (Å²) in [5.41, 5.74) is 3.42. The normalized spacial score (nSPS) is 23.6. The third-order valence-corrected chi connectivity index (χ3v) is 8.02. The SMILES string of the molecule is CCCCS(=O)(=O)c1ccc2c(c1)[C@H]1C=CC[C@H]1[C@@H](c1ccc(Br)cc1)N2. The second-order valence-electron chi connectivity index (χ2n) is 7.45. The Morgan fingerprint density at radius 2 is 1.93 bits per heavy atom. The van der Waals surface area contributed by atoms with E-state index in [1.165, 1.54) is 5.56 Å². The maximum atomic E-state index is 12.6. The number of nitrogens with one attached hydrogen (secondary N) is 1. The van der Waals surface area contributed by atoms with Crippen molar-refractivity contribution in [2.45, 2.75) is 43.0 Å². The molecule has 0 radical (unpaired) electrons. The van der Waals surface area contributed by atoms with Gasteiger partial charge < -0.3 is 5.32 Å². The van der Waals surface area contributed by atoms with E-state index in [2.05, 4.69) is 57.7 Å². The minimum absolute atomic E-state index is 0.223. The summed E-state index contributed by atoms with van der Waals surface area (Å²) >= 11 is 3.51. The molecule has 3 atom stereocenters. The van der Waals surface area contributed by atoms with E-state index >= 15 is 0 Å². The molecule has 0 bridgehead atoms. The lowest BCUT2D eigenvalue weighted by Gasteiger charge is -2.37. The number of unbranched alkanes of at least 4 members (excludes halogenated alkanes) is 1. The summed E-state index contributed by atoms with van der Waals surface area (Å²) in [7, 11) is -3.21. The molecule has 3 nitrogen and oxygen atoms in total. The molecule has 1 aliphatic heterocycles. The quantitative estimate of drug-likeness (QED) is 0.586. The molecule has 4 rings (SSSR count). The van der Waals surface area contributed by atoms with Gasteiger partial charge in [0.05, 0.1) is 16.7 Å². The van der Waals surface area contributed by atoms with Crippen molar-refractivity contribution in [1.29, 1.82) is 0 Å². The molecule has 2 aliphatic rings. The summed E-state index contributed by atoms with van der Waals surface area (Å²) in [6, 6.07) is 14.3. The zero-order valence-corrected chi connectivity index (χ0v) is 17.8. The van der Waals surface area contributed by atoms with Gasteiger partial charge in [0.15, 0.2) is 9.84 Å². The van der Waals surface area contributed by atoms with Crippen molar-refractivity contribution in [2.75, 3.05) is 11.1 Å². The number of hydrogen-bond donors (Lipinski definition) is 1. The summed E-state index contributed by atoms with van der Waals surface area (Å²) in [6.07, 6.45) is 7.07. The van der Waals surface area contributed by atoms with E-state index in [1.54, 1.807) is 6.07 Å².